The van der Waals surface area contributed by atoms with E-state index in [-0.39, 0.29) is 17.6 Å². The number of carbonyl (C=O) groups excluding carboxylic acids is 1. The third-order valence-electron chi connectivity index (χ3n) is 4.28. The monoisotopic (exact) mass is 382 g/mol. The van der Waals surface area contributed by atoms with E-state index in [9.17, 15) is 4.79 Å². The lowest BCUT2D eigenvalue weighted by Gasteiger charge is -2.24. The van der Waals surface area contributed by atoms with Gasteiger partial charge in [0.1, 0.15) is 24.5 Å². The van der Waals surface area contributed by atoms with Gasteiger partial charge in [-0.25, -0.2) is 14.8 Å². The maximum absolute atomic E-state index is 12.3. The number of hydrogen-bond donors (Lipinski definition) is 3. The lowest BCUT2D eigenvalue weighted by molar-refractivity contribution is 0.000339. The van der Waals surface area contributed by atoms with Gasteiger partial charge in [0.25, 0.3) is 0 Å². The largest absolute Gasteiger partial charge is 0.489 e. The fraction of sp³-hybridized carbons (Fsp3) is 0.368. The summed E-state index contributed by atoms with van der Waals surface area (Å²) in [5, 5.41) is 17.4. The average Bonchev–Trinajstić information content (AvgIpc) is 2.71. The molecule has 28 heavy (non-hydrogen) atoms. The van der Waals surface area contributed by atoms with Gasteiger partial charge in [-0.15, -0.1) is 0 Å². The Morgan fingerprint density at radius 1 is 1.32 bits per heavy atom. The zero-order valence-corrected chi connectivity index (χ0v) is 15.8. The molecule has 2 heterocycles. The van der Waals surface area contributed by atoms with Gasteiger partial charge in [-0.1, -0.05) is 0 Å². The molecule has 1 saturated heterocycles. The molecule has 1 aromatic heterocycles. The number of hydrogen-bond acceptors (Lipinski definition) is 7. The molecule has 0 bridgehead atoms. The van der Waals surface area contributed by atoms with E-state index < -0.39 is 6.03 Å². The van der Waals surface area contributed by atoms with Gasteiger partial charge in [0, 0.05) is 13.1 Å². The molecule has 0 saturated carbocycles. The van der Waals surface area contributed by atoms with Crippen LogP contribution in [0, 0.1) is 25.2 Å². The predicted octanol–water partition coefficient (Wildman–Crippen LogP) is 1.98. The molecule has 1 aliphatic heterocycles. The van der Waals surface area contributed by atoms with Crippen LogP contribution in [0.25, 0.3) is 0 Å². The molecule has 1 aliphatic rings. The van der Waals surface area contributed by atoms with Crippen LogP contribution in [0.2, 0.25) is 0 Å². The smallest absolute Gasteiger partial charge is 0.324 e. The molecule has 3 rings (SSSR count). The van der Waals surface area contributed by atoms with Crippen molar-refractivity contribution in [2.75, 3.05) is 36.9 Å². The Morgan fingerprint density at radius 3 is 2.82 bits per heavy atom. The van der Waals surface area contributed by atoms with Crippen LogP contribution in [0.4, 0.5) is 16.3 Å². The van der Waals surface area contributed by atoms with Crippen LogP contribution < -0.4 is 20.7 Å². The zero-order chi connectivity index (χ0) is 19.9. The van der Waals surface area contributed by atoms with E-state index in [1.807, 2.05) is 32.0 Å². The van der Waals surface area contributed by atoms with Crippen molar-refractivity contribution in [3.8, 4) is 11.8 Å². The lowest BCUT2D eigenvalue weighted by atomic mass is 10.1. The number of morpholine rings is 1. The molecule has 1 aromatic carbocycles. The minimum atomic E-state index is -0.484. The molecular formula is C19H22N6O3. The molecule has 9 nitrogen and oxygen atoms in total. The first-order valence-electron chi connectivity index (χ1n) is 8.91. The Morgan fingerprint density at radius 2 is 2.14 bits per heavy atom. The predicted molar refractivity (Wildman–Crippen MR) is 103 cm³/mol. The third kappa shape index (κ3) is 5.16. The van der Waals surface area contributed by atoms with Crippen molar-refractivity contribution >= 4 is 17.5 Å². The number of anilines is 2. The minimum absolute atomic E-state index is 0.0361. The van der Waals surface area contributed by atoms with Crippen LogP contribution >= 0.6 is 0 Å². The minimum Gasteiger partial charge on any atom is -0.489 e. The van der Waals surface area contributed by atoms with Crippen molar-refractivity contribution in [3.63, 3.8) is 0 Å². The molecule has 0 spiro atoms. The normalized spacial score (nSPS) is 16.1. The molecule has 2 amide bonds. The Hall–Kier alpha value is -3.22. The number of carbonyl (C=O) groups is 1. The number of aryl methyl sites for hydroxylation is 2. The van der Waals surface area contributed by atoms with E-state index in [0.717, 1.165) is 24.2 Å². The number of aromatic nitrogens is 2. The Labute approximate surface area is 163 Å². The van der Waals surface area contributed by atoms with E-state index in [1.54, 1.807) is 0 Å². The molecule has 3 N–H and O–H groups in total. The van der Waals surface area contributed by atoms with E-state index >= 15 is 0 Å². The number of nitrogens with one attached hydrogen (secondary N) is 3. The SMILES string of the molecule is Cc1cc(NC(=O)Nc2cnc(C#N)cn2)c(OC[C@@H]2CNCCO2)cc1C. The zero-order valence-electron chi connectivity index (χ0n) is 15.8. The van der Waals surface area contributed by atoms with Crippen molar-refractivity contribution in [1.29, 1.82) is 5.26 Å². The number of urea groups is 1. The van der Waals surface area contributed by atoms with E-state index in [4.69, 9.17) is 14.7 Å². The fourth-order valence-electron chi connectivity index (χ4n) is 2.64. The van der Waals surface area contributed by atoms with Gasteiger partial charge in [0.2, 0.25) is 0 Å². The van der Waals surface area contributed by atoms with E-state index in [1.165, 1.54) is 12.4 Å². The summed E-state index contributed by atoms with van der Waals surface area (Å²) in [5.74, 6) is 0.808. The average molecular weight is 382 g/mol. The highest BCUT2D eigenvalue weighted by Crippen LogP contribution is 2.29. The summed E-state index contributed by atoms with van der Waals surface area (Å²) in [6.07, 6.45) is 2.58. The summed E-state index contributed by atoms with van der Waals surface area (Å²) < 4.78 is 11.6. The highest BCUT2D eigenvalue weighted by Gasteiger charge is 2.16. The summed E-state index contributed by atoms with van der Waals surface area (Å²) in [4.78, 5) is 20.2. The first-order valence-corrected chi connectivity index (χ1v) is 8.91. The van der Waals surface area contributed by atoms with Crippen LogP contribution in [0.15, 0.2) is 24.5 Å². The number of nitriles is 1. The highest BCUT2D eigenvalue weighted by atomic mass is 16.5. The summed E-state index contributed by atoms with van der Waals surface area (Å²) in [5.41, 5.74) is 2.80. The highest BCUT2D eigenvalue weighted by molar-refractivity contribution is 6.00. The molecule has 146 valence electrons. The second-order valence-corrected chi connectivity index (χ2v) is 6.42. The summed E-state index contributed by atoms with van der Waals surface area (Å²) in [6.45, 7) is 6.54. The van der Waals surface area contributed by atoms with Crippen LogP contribution in [-0.2, 0) is 4.74 Å². The van der Waals surface area contributed by atoms with Crippen molar-refractivity contribution in [2.24, 2.45) is 0 Å². The maximum Gasteiger partial charge on any atom is 0.324 e. The Kier molecular flexibility index (Phi) is 6.37. The summed E-state index contributed by atoms with van der Waals surface area (Å²) >= 11 is 0. The summed E-state index contributed by atoms with van der Waals surface area (Å²) in [7, 11) is 0. The van der Waals surface area contributed by atoms with Gasteiger partial charge < -0.3 is 20.1 Å². The van der Waals surface area contributed by atoms with E-state index in [0.29, 0.717) is 24.7 Å². The lowest BCUT2D eigenvalue weighted by Crippen LogP contribution is -2.41. The number of ether oxygens (including phenoxy) is 2. The van der Waals surface area contributed by atoms with Crippen LogP contribution in [0.3, 0.4) is 0 Å². The fourth-order valence-corrected chi connectivity index (χ4v) is 2.64. The number of nitrogens with zero attached hydrogens (tertiary/aromatic N) is 3. The molecule has 0 radical (unpaired) electrons. The number of amides is 2. The topological polar surface area (TPSA) is 121 Å². The molecule has 0 unspecified atom stereocenters. The quantitative estimate of drug-likeness (QED) is 0.723. The van der Waals surface area contributed by atoms with Crippen molar-refractivity contribution < 1.29 is 14.3 Å². The first kappa shape index (κ1) is 19.5. The van der Waals surface area contributed by atoms with Gasteiger partial charge in [0.15, 0.2) is 11.5 Å². The first-order chi connectivity index (χ1) is 13.5. The molecule has 2 aromatic rings. The number of rotatable bonds is 5. The van der Waals surface area contributed by atoms with Crippen LogP contribution in [-0.4, -0.2) is 48.4 Å². The van der Waals surface area contributed by atoms with Crippen molar-refractivity contribution in [3.05, 3.63) is 41.3 Å². The van der Waals surface area contributed by atoms with Crippen molar-refractivity contribution in [2.45, 2.75) is 20.0 Å². The standard InChI is InChI=1S/C19H22N6O3/c1-12-5-16(24-19(26)25-18-10-22-14(7-20)8-23-18)17(6-13(12)2)28-11-15-9-21-3-4-27-15/h5-6,8,10,15,21H,3-4,9,11H2,1-2H3,(H2,23,24,25,26)/t15-/m0/s1. The molecular weight excluding hydrogens is 360 g/mol. The van der Waals surface area contributed by atoms with Gasteiger partial charge >= 0.3 is 6.03 Å². The van der Waals surface area contributed by atoms with E-state index in [2.05, 4.69) is 25.9 Å². The molecule has 1 atom stereocenters. The Balaban J connectivity index is 1.67. The van der Waals surface area contributed by atoms with Crippen molar-refractivity contribution in [1.82, 2.24) is 15.3 Å². The number of benzene rings is 1. The second kappa shape index (κ2) is 9.12. The van der Waals surface area contributed by atoms with Crippen LogP contribution in [0.1, 0.15) is 16.8 Å². The second-order valence-electron chi connectivity index (χ2n) is 6.42. The summed E-state index contributed by atoms with van der Waals surface area (Å²) in [6, 6.07) is 5.14. The third-order valence-corrected chi connectivity index (χ3v) is 4.28. The molecule has 9 heteroatoms. The van der Waals surface area contributed by atoms with Gasteiger partial charge in [-0.2, -0.15) is 5.26 Å². The van der Waals surface area contributed by atoms with Crippen LogP contribution in [0.5, 0.6) is 5.75 Å². The Bertz CT molecular complexity index is 872. The molecule has 1 fully saturated rings. The van der Waals surface area contributed by atoms with Gasteiger partial charge in [-0.3, -0.25) is 5.32 Å². The van der Waals surface area contributed by atoms with Gasteiger partial charge in [-0.05, 0) is 37.1 Å². The van der Waals surface area contributed by atoms with Gasteiger partial charge in [0.05, 0.1) is 24.7 Å². The molecule has 0 aliphatic carbocycles. The maximum atomic E-state index is 12.3.